The van der Waals surface area contributed by atoms with Crippen LogP contribution in [0.15, 0.2) is 18.2 Å². The lowest BCUT2D eigenvalue weighted by molar-refractivity contribution is 0.332. The van der Waals surface area contributed by atoms with E-state index in [4.69, 9.17) is 9.47 Å². The van der Waals surface area contributed by atoms with Gasteiger partial charge in [0.05, 0.1) is 12.9 Å². The number of ether oxygens (including phenoxy) is 2. The summed E-state index contributed by atoms with van der Waals surface area (Å²) in [4.78, 5) is 0. The second-order valence-electron chi connectivity index (χ2n) is 4.23. The highest BCUT2D eigenvalue weighted by Gasteiger charge is 2.08. The molecule has 1 aromatic carbocycles. The van der Waals surface area contributed by atoms with Crippen LogP contribution < -0.4 is 14.8 Å². The molecule has 0 atom stereocenters. The zero-order chi connectivity index (χ0) is 14.3. The molecular formula is C13H21NO4S. The molecule has 0 saturated heterocycles. The van der Waals surface area contributed by atoms with Gasteiger partial charge in [0.15, 0.2) is 9.84 Å². The molecular weight excluding hydrogens is 266 g/mol. The summed E-state index contributed by atoms with van der Waals surface area (Å²) in [6, 6.07) is 5.54. The van der Waals surface area contributed by atoms with Crippen molar-refractivity contribution in [1.82, 2.24) is 5.32 Å². The minimum Gasteiger partial charge on any atom is -0.497 e. The third-order valence-electron chi connectivity index (χ3n) is 2.55. The lowest BCUT2D eigenvalue weighted by Crippen LogP contribution is -2.15. The molecule has 0 heterocycles. The lowest BCUT2D eigenvalue weighted by Gasteiger charge is -2.13. The van der Waals surface area contributed by atoms with E-state index >= 15 is 0 Å². The predicted molar refractivity (Wildman–Crippen MR) is 75.6 cm³/mol. The molecule has 5 nitrogen and oxygen atoms in total. The Hall–Kier alpha value is -1.27. The van der Waals surface area contributed by atoms with Crippen LogP contribution in [0.5, 0.6) is 11.5 Å². The van der Waals surface area contributed by atoms with Crippen LogP contribution in [0.1, 0.15) is 12.5 Å². The van der Waals surface area contributed by atoms with Crippen molar-refractivity contribution in [2.45, 2.75) is 13.5 Å². The van der Waals surface area contributed by atoms with Crippen molar-refractivity contribution in [2.24, 2.45) is 0 Å². The van der Waals surface area contributed by atoms with Gasteiger partial charge in [-0.3, -0.25) is 0 Å². The van der Waals surface area contributed by atoms with E-state index in [0.29, 0.717) is 18.0 Å². The topological polar surface area (TPSA) is 64.6 Å². The third kappa shape index (κ3) is 5.94. The molecule has 1 N–H and O–H groups in total. The van der Waals surface area contributed by atoms with E-state index < -0.39 is 9.84 Å². The number of benzene rings is 1. The molecule has 108 valence electrons. The average molecular weight is 287 g/mol. The van der Waals surface area contributed by atoms with Gasteiger partial charge in [-0.05, 0) is 12.6 Å². The van der Waals surface area contributed by atoms with Crippen molar-refractivity contribution in [1.29, 1.82) is 0 Å². The van der Waals surface area contributed by atoms with Gasteiger partial charge in [0.25, 0.3) is 0 Å². The Kier molecular flexibility index (Phi) is 6.11. The molecule has 0 fully saturated rings. The summed E-state index contributed by atoms with van der Waals surface area (Å²) in [6.07, 6.45) is 1.20. The molecule has 0 bridgehead atoms. The molecule has 0 aliphatic heterocycles. The van der Waals surface area contributed by atoms with Crippen LogP contribution in [-0.4, -0.2) is 40.7 Å². The van der Waals surface area contributed by atoms with Gasteiger partial charge in [-0.15, -0.1) is 0 Å². The van der Waals surface area contributed by atoms with E-state index in [9.17, 15) is 8.42 Å². The van der Waals surface area contributed by atoms with Crippen LogP contribution in [0.2, 0.25) is 0 Å². The number of sulfone groups is 1. The fourth-order valence-electron chi connectivity index (χ4n) is 1.50. The van der Waals surface area contributed by atoms with E-state index in [1.807, 2.05) is 19.1 Å². The summed E-state index contributed by atoms with van der Waals surface area (Å²) < 4.78 is 32.9. The standard InChI is InChI=1S/C13H21NO4S/c1-4-14-10-11-5-6-12(17-2)9-13(11)18-7-8-19(3,15)16/h5-6,9,14H,4,7-8,10H2,1-3H3. The second kappa shape index (κ2) is 7.35. The number of rotatable bonds is 8. The van der Waals surface area contributed by atoms with Crippen LogP contribution in [0.4, 0.5) is 0 Å². The van der Waals surface area contributed by atoms with Gasteiger partial charge in [-0.1, -0.05) is 13.0 Å². The van der Waals surface area contributed by atoms with Crippen molar-refractivity contribution < 1.29 is 17.9 Å². The van der Waals surface area contributed by atoms with Crippen molar-refractivity contribution in [3.63, 3.8) is 0 Å². The number of methoxy groups -OCH3 is 1. The summed E-state index contributed by atoms with van der Waals surface area (Å²) in [5.41, 5.74) is 0.983. The quantitative estimate of drug-likeness (QED) is 0.779. The number of hydrogen-bond donors (Lipinski definition) is 1. The first kappa shape index (κ1) is 15.8. The first-order valence-electron chi connectivity index (χ1n) is 6.14. The first-order chi connectivity index (χ1) is 8.96. The van der Waals surface area contributed by atoms with Crippen molar-refractivity contribution in [3.05, 3.63) is 23.8 Å². The fourth-order valence-corrected chi connectivity index (χ4v) is 1.89. The van der Waals surface area contributed by atoms with Crippen LogP contribution in [0.25, 0.3) is 0 Å². The monoisotopic (exact) mass is 287 g/mol. The molecule has 0 aliphatic rings. The Morgan fingerprint density at radius 1 is 1.32 bits per heavy atom. The second-order valence-corrected chi connectivity index (χ2v) is 6.49. The first-order valence-corrected chi connectivity index (χ1v) is 8.20. The highest BCUT2D eigenvalue weighted by molar-refractivity contribution is 7.90. The zero-order valence-electron chi connectivity index (χ0n) is 11.6. The molecule has 1 rings (SSSR count). The Balaban J connectivity index is 2.76. The van der Waals surface area contributed by atoms with Crippen molar-refractivity contribution in [2.75, 3.05) is 32.3 Å². The zero-order valence-corrected chi connectivity index (χ0v) is 12.4. The maximum absolute atomic E-state index is 11.1. The SMILES string of the molecule is CCNCc1ccc(OC)cc1OCCS(C)(=O)=O. The molecule has 0 aromatic heterocycles. The van der Waals surface area contributed by atoms with E-state index in [2.05, 4.69) is 5.32 Å². The van der Waals surface area contributed by atoms with Crippen LogP contribution in [0, 0.1) is 0 Å². The largest absolute Gasteiger partial charge is 0.497 e. The Morgan fingerprint density at radius 2 is 2.05 bits per heavy atom. The van der Waals surface area contributed by atoms with Gasteiger partial charge in [0, 0.05) is 24.4 Å². The normalized spacial score (nSPS) is 11.3. The maximum Gasteiger partial charge on any atom is 0.150 e. The molecule has 0 saturated carbocycles. The van der Waals surface area contributed by atoms with E-state index in [1.165, 1.54) is 6.26 Å². The van der Waals surface area contributed by atoms with Gasteiger partial charge < -0.3 is 14.8 Å². The van der Waals surface area contributed by atoms with Crippen LogP contribution >= 0.6 is 0 Å². The van der Waals surface area contributed by atoms with Crippen molar-refractivity contribution in [3.8, 4) is 11.5 Å². The lowest BCUT2D eigenvalue weighted by atomic mass is 10.2. The molecule has 6 heteroatoms. The number of nitrogens with one attached hydrogen (secondary N) is 1. The van der Waals surface area contributed by atoms with Gasteiger partial charge in [0.2, 0.25) is 0 Å². The van der Waals surface area contributed by atoms with Crippen LogP contribution in [-0.2, 0) is 16.4 Å². The van der Waals surface area contributed by atoms with E-state index in [1.54, 1.807) is 13.2 Å². The molecule has 1 aromatic rings. The fraction of sp³-hybridized carbons (Fsp3) is 0.538. The van der Waals surface area contributed by atoms with Crippen LogP contribution in [0.3, 0.4) is 0 Å². The highest BCUT2D eigenvalue weighted by atomic mass is 32.2. The Labute approximate surface area is 114 Å². The molecule has 0 spiro atoms. The highest BCUT2D eigenvalue weighted by Crippen LogP contribution is 2.24. The maximum atomic E-state index is 11.1. The average Bonchev–Trinajstić information content (AvgIpc) is 2.35. The molecule has 0 amide bonds. The predicted octanol–water partition coefficient (Wildman–Crippen LogP) is 1.23. The minimum atomic E-state index is -3.01. The van der Waals surface area contributed by atoms with E-state index in [-0.39, 0.29) is 12.4 Å². The third-order valence-corrected chi connectivity index (χ3v) is 3.46. The Morgan fingerprint density at radius 3 is 2.63 bits per heavy atom. The molecule has 0 radical (unpaired) electrons. The molecule has 0 aliphatic carbocycles. The minimum absolute atomic E-state index is 0.00482. The van der Waals surface area contributed by atoms with Gasteiger partial charge >= 0.3 is 0 Å². The summed E-state index contributed by atoms with van der Waals surface area (Å²) >= 11 is 0. The number of hydrogen-bond acceptors (Lipinski definition) is 5. The Bertz CT molecular complexity index is 499. The van der Waals surface area contributed by atoms with Gasteiger partial charge in [-0.2, -0.15) is 0 Å². The summed E-state index contributed by atoms with van der Waals surface area (Å²) in [5, 5.41) is 3.21. The van der Waals surface area contributed by atoms with E-state index in [0.717, 1.165) is 12.1 Å². The van der Waals surface area contributed by atoms with Gasteiger partial charge in [-0.25, -0.2) is 8.42 Å². The van der Waals surface area contributed by atoms with Gasteiger partial charge in [0.1, 0.15) is 18.1 Å². The summed E-state index contributed by atoms with van der Waals surface area (Å²) in [6.45, 7) is 3.70. The van der Waals surface area contributed by atoms with Crippen molar-refractivity contribution >= 4 is 9.84 Å². The summed E-state index contributed by atoms with van der Waals surface area (Å²) in [7, 11) is -1.43. The molecule has 0 unspecified atom stereocenters. The smallest absolute Gasteiger partial charge is 0.150 e. The summed E-state index contributed by atoms with van der Waals surface area (Å²) in [5.74, 6) is 1.35. The molecule has 19 heavy (non-hydrogen) atoms.